The van der Waals surface area contributed by atoms with Gasteiger partial charge in [0.15, 0.2) is 0 Å². The van der Waals surface area contributed by atoms with E-state index in [1.807, 2.05) is 19.9 Å². The Kier molecular flexibility index (Phi) is 6.00. The second-order valence-electron chi connectivity index (χ2n) is 4.90. The Hall–Kier alpha value is -2.26. The number of nitriles is 1. The number of benzene rings is 1. The van der Waals surface area contributed by atoms with E-state index in [0.29, 0.717) is 11.6 Å². The van der Waals surface area contributed by atoms with Crippen molar-refractivity contribution in [2.45, 2.75) is 13.8 Å². The topological polar surface area (TPSA) is 93.4 Å². The number of hydrogen-bond donors (Lipinski definition) is 2. The van der Waals surface area contributed by atoms with E-state index < -0.39 is 18.5 Å². The maximum absolute atomic E-state index is 12.2. The molecule has 7 heteroatoms. The minimum absolute atomic E-state index is 0.116. The van der Waals surface area contributed by atoms with Crippen molar-refractivity contribution in [1.29, 1.82) is 5.26 Å². The normalized spacial score (nSPS) is 10.0. The number of hydrogen-bond acceptors (Lipinski definition) is 3. The molecule has 112 valence electrons. The summed E-state index contributed by atoms with van der Waals surface area (Å²) < 4.78 is 0. The standard InChI is InChI=1S/C14H16ClN3O3/c1-9(2)7-18(8-13(19)20)14(21)17-12-5-11(15)4-3-10(12)6-16/h3-5,9H,7-8H2,1-2H3,(H,17,21)(H,19,20). The quantitative estimate of drug-likeness (QED) is 0.874. The summed E-state index contributed by atoms with van der Waals surface area (Å²) >= 11 is 5.84. The second-order valence-corrected chi connectivity index (χ2v) is 5.34. The lowest BCUT2D eigenvalue weighted by molar-refractivity contribution is -0.137. The maximum atomic E-state index is 12.2. The highest BCUT2D eigenvalue weighted by Gasteiger charge is 2.19. The summed E-state index contributed by atoms with van der Waals surface area (Å²) in [6, 6.07) is 5.84. The number of nitrogens with one attached hydrogen (secondary N) is 1. The van der Waals surface area contributed by atoms with Crippen molar-refractivity contribution in [3.05, 3.63) is 28.8 Å². The maximum Gasteiger partial charge on any atom is 0.323 e. The molecule has 1 aromatic carbocycles. The molecule has 0 aliphatic heterocycles. The number of urea groups is 1. The molecular formula is C14H16ClN3O3. The van der Waals surface area contributed by atoms with Crippen LogP contribution in [0.2, 0.25) is 5.02 Å². The Balaban J connectivity index is 2.93. The zero-order valence-electron chi connectivity index (χ0n) is 11.8. The van der Waals surface area contributed by atoms with Gasteiger partial charge in [-0.15, -0.1) is 0 Å². The zero-order chi connectivity index (χ0) is 16.0. The summed E-state index contributed by atoms with van der Waals surface area (Å²) in [6.45, 7) is 3.64. The third kappa shape index (κ3) is 5.32. The summed E-state index contributed by atoms with van der Waals surface area (Å²) in [4.78, 5) is 24.2. The summed E-state index contributed by atoms with van der Waals surface area (Å²) in [5.41, 5.74) is 0.515. The summed E-state index contributed by atoms with van der Waals surface area (Å²) in [5, 5.41) is 20.8. The molecule has 0 saturated carbocycles. The molecule has 0 aromatic heterocycles. The number of halogens is 1. The average Bonchev–Trinajstić information content (AvgIpc) is 2.37. The van der Waals surface area contributed by atoms with Gasteiger partial charge in [0.05, 0.1) is 11.3 Å². The molecule has 1 rings (SSSR count). The van der Waals surface area contributed by atoms with Gasteiger partial charge in [0.2, 0.25) is 0 Å². The summed E-state index contributed by atoms with van der Waals surface area (Å²) in [6.07, 6.45) is 0. The highest BCUT2D eigenvalue weighted by molar-refractivity contribution is 6.31. The van der Waals surface area contributed by atoms with Gasteiger partial charge in [0.1, 0.15) is 12.6 Å². The number of rotatable bonds is 5. The van der Waals surface area contributed by atoms with Crippen molar-refractivity contribution >= 4 is 29.3 Å². The summed E-state index contributed by atoms with van der Waals surface area (Å²) in [7, 11) is 0. The fourth-order valence-electron chi connectivity index (χ4n) is 1.73. The van der Waals surface area contributed by atoms with Crippen LogP contribution in [0.4, 0.5) is 10.5 Å². The largest absolute Gasteiger partial charge is 0.480 e. The van der Waals surface area contributed by atoms with Gasteiger partial charge in [0.25, 0.3) is 0 Å². The van der Waals surface area contributed by atoms with Gasteiger partial charge in [-0.25, -0.2) is 4.79 Å². The first-order valence-corrected chi connectivity index (χ1v) is 6.68. The van der Waals surface area contributed by atoms with E-state index in [1.165, 1.54) is 17.0 Å². The lowest BCUT2D eigenvalue weighted by Crippen LogP contribution is -2.41. The molecule has 21 heavy (non-hydrogen) atoms. The minimum atomic E-state index is -1.10. The molecule has 0 fully saturated rings. The molecule has 0 bridgehead atoms. The number of carboxylic acids is 1. The Morgan fingerprint density at radius 3 is 2.67 bits per heavy atom. The van der Waals surface area contributed by atoms with Gasteiger partial charge in [-0.1, -0.05) is 25.4 Å². The molecule has 0 radical (unpaired) electrons. The van der Waals surface area contributed by atoms with E-state index in [-0.39, 0.29) is 17.2 Å². The van der Waals surface area contributed by atoms with Crippen LogP contribution in [0.15, 0.2) is 18.2 Å². The van der Waals surface area contributed by atoms with E-state index >= 15 is 0 Å². The molecule has 2 N–H and O–H groups in total. The molecule has 0 spiro atoms. The molecule has 0 saturated heterocycles. The van der Waals surface area contributed by atoms with E-state index in [0.717, 1.165) is 0 Å². The molecule has 2 amide bonds. The van der Waals surface area contributed by atoms with Crippen molar-refractivity contribution in [1.82, 2.24) is 4.90 Å². The van der Waals surface area contributed by atoms with Crippen molar-refractivity contribution in [3.8, 4) is 6.07 Å². The van der Waals surface area contributed by atoms with Gasteiger partial charge >= 0.3 is 12.0 Å². The van der Waals surface area contributed by atoms with Crippen molar-refractivity contribution in [3.63, 3.8) is 0 Å². The number of carbonyl (C=O) groups excluding carboxylic acids is 1. The Morgan fingerprint density at radius 1 is 1.48 bits per heavy atom. The van der Waals surface area contributed by atoms with Gasteiger partial charge in [-0.3, -0.25) is 4.79 Å². The zero-order valence-corrected chi connectivity index (χ0v) is 12.5. The second kappa shape index (κ2) is 7.50. The fourth-order valence-corrected chi connectivity index (χ4v) is 1.91. The molecule has 0 atom stereocenters. The highest BCUT2D eigenvalue weighted by Crippen LogP contribution is 2.20. The highest BCUT2D eigenvalue weighted by atomic mass is 35.5. The first-order valence-electron chi connectivity index (χ1n) is 6.31. The summed E-state index contributed by atoms with van der Waals surface area (Å²) in [5.74, 6) is -0.984. The molecule has 0 unspecified atom stereocenters. The first kappa shape index (κ1) is 16.8. The van der Waals surface area contributed by atoms with Crippen LogP contribution in [-0.2, 0) is 4.79 Å². The minimum Gasteiger partial charge on any atom is -0.480 e. The van der Waals surface area contributed by atoms with Gasteiger partial charge in [-0.2, -0.15) is 5.26 Å². The SMILES string of the molecule is CC(C)CN(CC(=O)O)C(=O)Nc1cc(Cl)ccc1C#N. The molecule has 0 aliphatic carbocycles. The average molecular weight is 310 g/mol. The van der Waals surface area contributed by atoms with E-state index in [9.17, 15) is 9.59 Å². The number of carboxylic acid groups (broad SMARTS) is 1. The van der Waals surface area contributed by atoms with Crippen molar-refractivity contribution in [2.24, 2.45) is 5.92 Å². The molecular weight excluding hydrogens is 294 g/mol. The smallest absolute Gasteiger partial charge is 0.323 e. The van der Waals surface area contributed by atoms with Crippen LogP contribution in [0.5, 0.6) is 0 Å². The fraction of sp³-hybridized carbons (Fsp3) is 0.357. The van der Waals surface area contributed by atoms with E-state index in [4.69, 9.17) is 22.0 Å². The number of nitrogens with zero attached hydrogens (tertiary/aromatic N) is 2. The monoisotopic (exact) mass is 309 g/mol. The predicted molar refractivity (Wildman–Crippen MR) is 79.2 cm³/mol. The molecule has 6 nitrogen and oxygen atoms in total. The van der Waals surface area contributed by atoms with Crippen LogP contribution in [0, 0.1) is 17.2 Å². The number of anilines is 1. The van der Waals surface area contributed by atoms with Crippen molar-refractivity contribution < 1.29 is 14.7 Å². The van der Waals surface area contributed by atoms with Crippen LogP contribution < -0.4 is 5.32 Å². The number of aliphatic carboxylic acids is 1. The molecule has 1 aromatic rings. The lowest BCUT2D eigenvalue weighted by Gasteiger charge is -2.23. The number of amides is 2. The van der Waals surface area contributed by atoms with Crippen LogP contribution >= 0.6 is 11.6 Å². The van der Waals surface area contributed by atoms with Crippen LogP contribution in [-0.4, -0.2) is 35.1 Å². The Bertz CT molecular complexity index is 581. The van der Waals surface area contributed by atoms with Gasteiger partial charge < -0.3 is 15.3 Å². The van der Waals surface area contributed by atoms with E-state index in [2.05, 4.69) is 5.32 Å². The van der Waals surface area contributed by atoms with E-state index in [1.54, 1.807) is 6.07 Å². The first-order chi connectivity index (χ1) is 9.83. The van der Waals surface area contributed by atoms with Crippen LogP contribution in [0.3, 0.4) is 0 Å². The third-order valence-electron chi connectivity index (χ3n) is 2.54. The van der Waals surface area contributed by atoms with Gasteiger partial charge in [0, 0.05) is 11.6 Å². The van der Waals surface area contributed by atoms with Crippen LogP contribution in [0.1, 0.15) is 19.4 Å². The third-order valence-corrected chi connectivity index (χ3v) is 2.78. The lowest BCUT2D eigenvalue weighted by atomic mass is 10.2. The molecule has 0 aliphatic rings. The molecule has 0 heterocycles. The Labute approximate surface area is 127 Å². The van der Waals surface area contributed by atoms with Crippen LogP contribution in [0.25, 0.3) is 0 Å². The Morgan fingerprint density at radius 2 is 2.14 bits per heavy atom. The van der Waals surface area contributed by atoms with Crippen molar-refractivity contribution in [2.75, 3.05) is 18.4 Å². The number of carbonyl (C=O) groups is 2. The van der Waals surface area contributed by atoms with Gasteiger partial charge in [-0.05, 0) is 24.1 Å². The predicted octanol–water partition coefficient (Wildman–Crippen LogP) is 2.79.